The van der Waals surface area contributed by atoms with Gasteiger partial charge in [0.1, 0.15) is 6.10 Å². The quantitative estimate of drug-likeness (QED) is 0.0249. The summed E-state index contributed by atoms with van der Waals surface area (Å²) in [6.45, 7) is 6.15. The number of aliphatic hydroxyl groups excluding tert-OH is 2. The summed E-state index contributed by atoms with van der Waals surface area (Å²) in [6.07, 6.45) is 60.2. The van der Waals surface area contributed by atoms with Crippen LogP contribution in [0.15, 0.2) is 109 Å². The minimum absolute atomic E-state index is 0.00185. The van der Waals surface area contributed by atoms with E-state index in [1.165, 1.54) is 51.4 Å². The van der Waals surface area contributed by atoms with Crippen LogP contribution >= 0.6 is 0 Å². The molecule has 6 nitrogen and oxygen atoms in total. The molecule has 0 fully saturated rings. The number of ether oxygens (including phenoxy) is 1. The van der Waals surface area contributed by atoms with E-state index in [9.17, 15) is 19.8 Å². The first-order valence-electron chi connectivity index (χ1n) is 23.2. The van der Waals surface area contributed by atoms with E-state index in [-0.39, 0.29) is 31.3 Å². The number of esters is 1. The third-order valence-corrected chi connectivity index (χ3v) is 9.69. The maximum absolute atomic E-state index is 13.1. The Morgan fingerprint density at radius 1 is 0.534 bits per heavy atom. The summed E-state index contributed by atoms with van der Waals surface area (Å²) in [7, 11) is 0. The molecule has 0 aliphatic rings. The number of amides is 1. The summed E-state index contributed by atoms with van der Waals surface area (Å²) < 4.78 is 5.83. The van der Waals surface area contributed by atoms with Crippen LogP contribution in [0.1, 0.15) is 181 Å². The Kier molecular flexibility index (Phi) is 41.9. The van der Waals surface area contributed by atoms with Gasteiger partial charge < -0.3 is 20.3 Å². The third-order valence-electron chi connectivity index (χ3n) is 9.69. The molecule has 0 aliphatic heterocycles. The van der Waals surface area contributed by atoms with Gasteiger partial charge in [0.05, 0.1) is 25.2 Å². The smallest absolute Gasteiger partial charge is 0.306 e. The lowest BCUT2D eigenvalue weighted by atomic mass is 10.0. The SMILES string of the molecule is CC/C=C\C/C=C\C/C=C\C/C=C\C/C=C\CCCC(=O)OC(CCC\C=C/C=C\C=C\C=C\CC)CC(=O)NC(CO)C(O)CCCCCCCCCCCCC. The zero-order valence-corrected chi connectivity index (χ0v) is 37.1. The van der Waals surface area contributed by atoms with E-state index in [0.717, 1.165) is 77.0 Å². The van der Waals surface area contributed by atoms with Gasteiger partial charge in [-0.25, -0.2) is 0 Å². The van der Waals surface area contributed by atoms with Crippen LogP contribution in [-0.2, 0) is 14.3 Å². The lowest BCUT2D eigenvalue weighted by molar-refractivity contribution is -0.151. The second kappa shape index (κ2) is 44.6. The van der Waals surface area contributed by atoms with Crippen molar-refractivity contribution in [2.75, 3.05) is 6.61 Å². The molecule has 3 N–H and O–H groups in total. The van der Waals surface area contributed by atoms with Crippen LogP contribution < -0.4 is 5.32 Å². The molecule has 0 saturated carbocycles. The van der Waals surface area contributed by atoms with Crippen LogP contribution in [-0.4, -0.2) is 46.9 Å². The Hall–Kier alpha value is -3.48. The van der Waals surface area contributed by atoms with Gasteiger partial charge in [0.15, 0.2) is 0 Å². The molecule has 0 aliphatic carbocycles. The van der Waals surface area contributed by atoms with E-state index in [1.807, 2.05) is 36.5 Å². The molecular formula is C52H85NO5. The van der Waals surface area contributed by atoms with Crippen LogP contribution in [0.3, 0.4) is 0 Å². The van der Waals surface area contributed by atoms with Crippen LogP contribution in [0.5, 0.6) is 0 Å². The van der Waals surface area contributed by atoms with Crippen LogP contribution in [0, 0.1) is 0 Å². The number of nitrogens with one attached hydrogen (secondary N) is 1. The molecule has 0 aromatic heterocycles. The molecule has 3 unspecified atom stereocenters. The zero-order chi connectivity index (χ0) is 42.4. The fourth-order valence-electron chi connectivity index (χ4n) is 6.24. The van der Waals surface area contributed by atoms with Gasteiger partial charge in [0.2, 0.25) is 5.91 Å². The predicted molar refractivity (Wildman–Crippen MR) is 250 cm³/mol. The van der Waals surface area contributed by atoms with Crippen molar-refractivity contribution in [2.24, 2.45) is 0 Å². The lowest BCUT2D eigenvalue weighted by Gasteiger charge is -2.24. The van der Waals surface area contributed by atoms with Crippen molar-refractivity contribution < 1.29 is 24.5 Å². The molecule has 0 spiro atoms. The number of hydrogen-bond acceptors (Lipinski definition) is 5. The second-order valence-corrected chi connectivity index (χ2v) is 15.1. The number of carbonyl (C=O) groups excluding carboxylic acids is 2. The fraction of sp³-hybridized carbons (Fsp3) is 0.615. The van der Waals surface area contributed by atoms with E-state index >= 15 is 0 Å². The Morgan fingerprint density at radius 2 is 1.02 bits per heavy atom. The monoisotopic (exact) mass is 804 g/mol. The van der Waals surface area contributed by atoms with Gasteiger partial charge in [0.25, 0.3) is 0 Å². The molecule has 0 rings (SSSR count). The molecule has 0 radical (unpaired) electrons. The Labute approximate surface area is 356 Å². The molecule has 0 aromatic rings. The normalized spacial score (nSPS) is 14.4. The predicted octanol–water partition coefficient (Wildman–Crippen LogP) is 13.6. The first-order chi connectivity index (χ1) is 28.5. The fourth-order valence-corrected chi connectivity index (χ4v) is 6.24. The molecular weight excluding hydrogens is 719 g/mol. The molecule has 0 bridgehead atoms. The van der Waals surface area contributed by atoms with Crippen molar-refractivity contribution in [2.45, 2.75) is 200 Å². The van der Waals surface area contributed by atoms with Crippen molar-refractivity contribution in [3.63, 3.8) is 0 Å². The highest BCUT2D eigenvalue weighted by atomic mass is 16.5. The second-order valence-electron chi connectivity index (χ2n) is 15.1. The highest BCUT2D eigenvalue weighted by Crippen LogP contribution is 2.15. The number of allylic oxidation sites excluding steroid dienone is 18. The van der Waals surface area contributed by atoms with E-state index in [2.05, 4.69) is 99.0 Å². The summed E-state index contributed by atoms with van der Waals surface area (Å²) in [5.41, 5.74) is 0. The molecule has 0 saturated heterocycles. The van der Waals surface area contributed by atoms with Crippen LogP contribution in [0.25, 0.3) is 0 Å². The number of hydrogen-bond donors (Lipinski definition) is 3. The Bertz CT molecular complexity index is 1220. The van der Waals surface area contributed by atoms with E-state index in [1.54, 1.807) is 0 Å². The molecule has 6 heteroatoms. The lowest BCUT2D eigenvalue weighted by Crippen LogP contribution is -2.46. The summed E-state index contributed by atoms with van der Waals surface area (Å²) in [6, 6.07) is -0.739. The van der Waals surface area contributed by atoms with Crippen molar-refractivity contribution >= 4 is 11.9 Å². The average molecular weight is 804 g/mol. The minimum atomic E-state index is -0.819. The van der Waals surface area contributed by atoms with Crippen molar-refractivity contribution in [3.8, 4) is 0 Å². The topological polar surface area (TPSA) is 95.9 Å². The Balaban J connectivity index is 4.77. The highest BCUT2D eigenvalue weighted by Gasteiger charge is 2.23. The van der Waals surface area contributed by atoms with Crippen LogP contribution in [0.4, 0.5) is 0 Å². The van der Waals surface area contributed by atoms with Crippen molar-refractivity contribution in [1.82, 2.24) is 5.32 Å². The average Bonchev–Trinajstić information content (AvgIpc) is 3.22. The van der Waals surface area contributed by atoms with Gasteiger partial charge >= 0.3 is 5.97 Å². The van der Waals surface area contributed by atoms with Gasteiger partial charge in [-0.1, -0.05) is 201 Å². The van der Waals surface area contributed by atoms with Crippen molar-refractivity contribution in [1.29, 1.82) is 0 Å². The van der Waals surface area contributed by atoms with Gasteiger partial charge in [-0.05, 0) is 77.0 Å². The summed E-state index contributed by atoms with van der Waals surface area (Å²) in [5, 5.41) is 23.6. The molecule has 3 atom stereocenters. The summed E-state index contributed by atoms with van der Waals surface area (Å²) >= 11 is 0. The first-order valence-corrected chi connectivity index (χ1v) is 23.2. The zero-order valence-electron chi connectivity index (χ0n) is 37.1. The summed E-state index contributed by atoms with van der Waals surface area (Å²) in [4.78, 5) is 26.0. The van der Waals surface area contributed by atoms with E-state index < -0.39 is 18.2 Å². The number of carbonyl (C=O) groups is 2. The highest BCUT2D eigenvalue weighted by molar-refractivity contribution is 5.77. The van der Waals surface area contributed by atoms with Crippen LogP contribution in [0.2, 0.25) is 0 Å². The maximum atomic E-state index is 13.1. The van der Waals surface area contributed by atoms with E-state index in [4.69, 9.17) is 4.74 Å². The van der Waals surface area contributed by atoms with Gasteiger partial charge in [0, 0.05) is 6.42 Å². The van der Waals surface area contributed by atoms with Gasteiger partial charge in [-0.2, -0.15) is 0 Å². The molecule has 0 aromatic carbocycles. The molecule has 58 heavy (non-hydrogen) atoms. The largest absolute Gasteiger partial charge is 0.462 e. The first kappa shape index (κ1) is 54.5. The number of unbranched alkanes of at least 4 members (excludes halogenated alkanes) is 12. The number of aliphatic hydroxyl groups is 2. The maximum Gasteiger partial charge on any atom is 0.306 e. The standard InChI is InChI=1S/C52H85NO5/c1-4-7-10-13-16-19-22-23-24-25-26-27-30-33-36-39-42-45-52(57)58-48(43-40-37-34-31-28-20-17-14-11-8-5-2)46-51(56)53-49(47-54)50(55)44-41-38-35-32-29-21-18-15-12-9-6-3/h7-8,10-11,14,16-17,19-20,23-24,26-28,31,33-34,36,48-50,54-55H,4-6,9,12-13,15,18,21-22,25,29-30,32,35,37-47H2,1-3H3,(H,53,56)/b10-7-,11-8+,17-14+,19-16-,24-23-,27-26-,28-20-,34-31-,36-33-. The molecule has 0 heterocycles. The van der Waals surface area contributed by atoms with E-state index in [0.29, 0.717) is 19.3 Å². The third kappa shape index (κ3) is 39.4. The molecule has 328 valence electrons. The minimum Gasteiger partial charge on any atom is -0.462 e. The van der Waals surface area contributed by atoms with Gasteiger partial charge in [-0.15, -0.1) is 0 Å². The Morgan fingerprint density at radius 3 is 1.57 bits per heavy atom. The summed E-state index contributed by atoms with van der Waals surface area (Å²) in [5.74, 6) is -0.626. The van der Waals surface area contributed by atoms with Crippen molar-refractivity contribution in [3.05, 3.63) is 109 Å². The number of rotatable bonds is 39. The van der Waals surface area contributed by atoms with Gasteiger partial charge in [-0.3, -0.25) is 9.59 Å². The molecule has 1 amide bonds.